The zero-order valence-corrected chi connectivity index (χ0v) is 12.1. The number of rotatable bonds is 4. The number of amides is 1. The molecule has 0 spiro atoms. The van der Waals surface area contributed by atoms with Gasteiger partial charge in [-0.15, -0.1) is 0 Å². The van der Waals surface area contributed by atoms with Crippen molar-refractivity contribution in [1.82, 2.24) is 5.32 Å². The van der Waals surface area contributed by atoms with E-state index in [1.807, 2.05) is 24.3 Å². The molecule has 0 atom stereocenters. The molecule has 0 aliphatic carbocycles. The number of nitrogens with one attached hydrogen (secondary N) is 1. The van der Waals surface area contributed by atoms with Gasteiger partial charge in [0.05, 0.1) is 0 Å². The van der Waals surface area contributed by atoms with Gasteiger partial charge in [-0.25, -0.2) is 0 Å². The molecule has 0 aliphatic rings. The number of phenolic OH excluding ortho intramolecular Hbond substituents is 2. The fraction of sp³-hybridized carbons (Fsp3) is 0.235. The second-order valence-electron chi connectivity index (χ2n) is 5.25. The minimum atomic E-state index is -0.501. The molecule has 0 fully saturated rings. The second kappa shape index (κ2) is 6.31. The molecule has 0 aromatic heterocycles. The topological polar surface area (TPSA) is 69.6 Å². The normalized spacial score (nSPS) is 10.6. The summed E-state index contributed by atoms with van der Waals surface area (Å²) in [6, 6.07) is 12.2. The Morgan fingerprint density at radius 1 is 1.05 bits per heavy atom. The van der Waals surface area contributed by atoms with E-state index < -0.39 is 5.91 Å². The van der Waals surface area contributed by atoms with Gasteiger partial charge in [-0.3, -0.25) is 4.79 Å². The van der Waals surface area contributed by atoms with Crippen LogP contribution in [0.25, 0.3) is 0 Å². The van der Waals surface area contributed by atoms with E-state index in [2.05, 4.69) is 19.2 Å². The van der Waals surface area contributed by atoms with Gasteiger partial charge >= 0.3 is 0 Å². The first-order chi connectivity index (χ1) is 9.99. The Balaban J connectivity index is 2.04. The van der Waals surface area contributed by atoms with Crippen LogP contribution >= 0.6 is 0 Å². The number of phenols is 2. The molecule has 0 saturated carbocycles. The van der Waals surface area contributed by atoms with Gasteiger partial charge < -0.3 is 15.5 Å². The van der Waals surface area contributed by atoms with Gasteiger partial charge in [0.25, 0.3) is 5.91 Å². The SMILES string of the molecule is CC(C)c1ccc(CNC(=O)c2c(O)cccc2O)cc1. The third-order valence-electron chi connectivity index (χ3n) is 3.35. The van der Waals surface area contributed by atoms with Gasteiger partial charge in [-0.1, -0.05) is 44.2 Å². The van der Waals surface area contributed by atoms with Gasteiger partial charge in [0, 0.05) is 6.54 Å². The first-order valence-corrected chi connectivity index (χ1v) is 6.87. The number of benzene rings is 2. The second-order valence-corrected chi connectivity index (χ2v) is 5.25. The van der Waals surface area contributed by atoms with Crippen LogP contribution in [0.5, 0.6) is 11.5 Å². The molecule has 3 N–H and O–H groups in total. The summed E-state index contributed by atoms with van der Waals surface area (Å²) in [6.07, 6.45) is 0. The minimum absolute atomic E-state index is 0.101. The van der Waals surface area contributed by atoms with Gasteiger partial charge in [-0.05, 0) is 29.2 Å². The van der Waals surface area contributed by atoms with Crippen molar-refractivity contribution in [2.45, 2.75) is 26.3 Å². The Morgan fingerprint density at radius 2 is 1.62 bits per heavy atom. The zero-order chi connectivity index (χ0) is 15.4. The van der Waals surface area contributed by atoms with Crippen molar-refractivity contribution in [3.05, 3.63) is 59.2 Å². The molecule has 2 aromatic carbocycles. The van der Waals surface area contributed by atoms with Crippen LogP contribution in [0, 0.1) is 0 Å². The Labute approximate surface area is 124 Å². The van der Waals surface area contributed by atoms with E-state index in [0.29, 0.717) is 12.5 Å². The van der Waals surface area contributed by atoms with Crippen molar-refractivity contribution < 1.29 is 15.0 Å². The zero-order valence-electron chi connectivity index (χ0n) is 12.1. The van der Waals surface area contributed by atoms with Gasteiger partial charge in [0.15, 0.2) is 0 Å². The van der Waals surface area contributed by atoms with Crippen LogP contribution < -0.4 is 5.32 Å². The van der Waals surface area contributed by atoms with E-state index in [0.717, 1.165) is 5.56 Å². The lowest BCUT2D eigenvalue weighted by molar-refractivity contribution is 0.0945. The lowest BCUT2D eigenvalue weighted by Gasteiger charge is -2.10. The smallest absolute Gasteiger partial charge is 0.259 e. The Morgan fingerprint density at radius 3 is 2.14 bits per heavy atom. The highest BCUT2D eigenvalue weighted by Gasteiger charge is 2.15. The maximum atomic E-state index is 12.0. The molecule has 1 amide bonds. The summed E-state index contributed by atoms with van der Waals surface area (Å²) in [6.45, 7) is 4.58. The highest BCUT2D eigenvalue weighted by molar-refractivity contribution is 5.99. The van der Waals surface area contributed by atoms with Crippen molar-refractivity contribution in [3.8, 4) is 11.5 Å². The van der Waals surface area contributed by atoms with Crippen LogP contribution in [0.1, 0.15) is 41.3 Å². The molecule has 4 heteroatoms. The predicted molar refractivity (Wildman–Crippen MR) is 81.5 cm³/mol. The van der Waals surface area contributed by atoms with Gasteiger partial charge in [0.1, 0.15) is 17.1 Å². The molecule has 2 rings (SSSR count). The molecule has 0 aliphatic heterocycles. The van der Waals surface area contributed by atoms with Crippen LogP contribution in [0.2, 0.25) is 0 Å². The number of hydrogen-bond donors (Lipinski definition) is 3. The standard InChI is InChI=1S/C17H19NO3/c1-11(2)13-8-6-12(7-9-13)10-18-17(21)16-14(19)4-3-5-15(16)20/h3-9,11,19-20H,10H2,1-2H3,(H,18,21). The van der Waals surface area contributed by atoms with E-state index in [1.54, 1.807) is 0 Å². The Bertz CT molecular complexity index is 613. The number of carbonyl (C=O) groups is 1. The molecule has 2 aromatic rings. The molecule has 0 radical (unpaired) electrons. The average Bonchev–Trinajstić information content (AvgIpc) is 2.45. The lowest BCUT2D eigenvalue weighted by Crippen LogP contribution is -2.23. The maximum Gasteiger partial charge on any atom is 0.259 e. The lowest BCUT2D eigenvalue weighted by atomic mass is 10.0. The van der Waals surface area contributed by atoms with E-state index in [-0.39, 0.29) is 17.1 Å². The minimum Gasteiger partial charge on any atom is -0.507 e. The van der Waals surface area contributed by atoms with Crippen molar-refractivity contribution >= 4 is 5.91 Å². The quantitative estimate of drug-likeness (QED) is 0.808. The summed E-state index contributed by atoms with van der Waals surface area (Å²) in [5, 5.41) is 22.0. The molecule has 0 saturated heterocycles. The Hall–Kier alpha value is -2.49. The monoisotopic (exact) mass is 285 g/mol. The first kappa shape index (κ1) is 14.9. The van der Waals surface area contributed by atoms with Crippen LogP contribution in [0.15, 0.2) is 42.5 Å². The van der Waals surface area contributed by atoms with Crippen LogP contribution in [-0.4, -0.2) is 16.1 Å². The van der Waals surface area contributed by atoms with Crippen LogP contribution in [0.3, 0.4) is 0 Å². The number of carbonyl (C=O) groups excluding carboxylic acids is 1. The average molecular weight is 285 g/mol. The summed E-state index contributed by atoms with van der Waals surface area (Å²) in [7, 11) is 0. The summed E-state index contributed by atoms with van der Waals surface area (Å²) in [4.78, 5) is 12.0. The third kappa shape index (κ3) is 3.54. The predicted octanol–water partition coefficient (Wildman–Crippen LogP) is 3.15. The van der Waals surface area contributed by atoms with E-state index in [4.69, 9.17) is 0 Å². The molecule has 110 valence electrons. The summed E-state index contributed by atoms with van der Waals surface area (Å²) in [5.74, 6) is -0.504. The summed E-state index contributed by atoms with van der Waals surface area (Å²) >= 11 is 0. The molecule has 4 nitrogen and oxygen atoms in total. The highest BCUT2D eigenvalue weighted by atomic mass is 16.3. The van der Waals surface area contributed by atoms with Gasteiger partial charge in [0.2, 0.25) is 0 Å². The largest absolute Gasteiger partial charge is 0.507 e. The maximum absolute atomic E-state index is 12.0. The van der Waals surface area contributed by atoms with E-state index >= 15 is 0 Å². The highest BCUT2D eigenvalue weighted by Crippen LogP contribution is 2.26. The Kier molecular flexibility index (Phi) is 4.48. The van der Waals surface area contributed by atoms with Crippen molar-refractivity contribution in [1.29, 1.82) is 0 Å². The van der Waals surface area contributed by atoms with Gasteiger partial charge in [-0.2, -0.15) is 0 Å². The summed E-state index contributed by atoms with van der Waals surface area (Å²) in [5.41, 5.74) is 2.10. The molecule has 0 heterocycles. The molecule has 0 unspecified atom stereocenters. The molecule has 0 bridgehead atoms. The molecular formula is C17H19NO3. The van der Waals surface area contributed by atoms with E-state index in [1.165, 1.54) is 23.8 Å². The number of hydrogen-bond acceptors (Lipinski definition) is 3. The fourth-order valence-electron chi connectivity index (χ4n) is 2.05. The van der Waals surface area contributed by atoms with Crippen molar-refractivity contribution in [2.75, 3.05) is 0 Å². The number of aromatic hydroxyl groups is 2. The summed E-state index contributed by atoms with van der Waals surface area (Å²) < 4.78 is 0. The molecule has 21 heavy (non-hydrogen) atoms. The van der Waals surface area contributed by atoms with Crippen molar-refractivity contribution in [3.63, 3.8) is 0 Å². The van der Waals surface area contributed by atoms with Crippen molar-refractivity contribution in [2.24, 2.45) is 0 Å². The van der Waals surface area contributed by atoms with E-state index in [9.17, 15) is 15.0 Å². The third-order valence-corrected chi connectivity index (χ3v) is 3.35. The fourth-order valence-corrected chi connectivity index (χ4v) is 2.05. The van der Waals surface area contributed by atoms with Crippen LogP contribution in [0.4, 0.5) is 0 Å². The first-order valence-electron chi connectivity index (χ1n) is 6.87. The molecular weight excluding hydrogens is 266 g/mol. The van der Waals surface area contributed by atoms with Crippen LogP contribution in [-0.2, 0) is 6.54 Å².